The maximum Gasteiger partial charge on any atom is 0.312 e. The van der Waals surface area contributed by atoms with Crippen LogP contribution in [0.3, 0.4) is 0 Å². The van der Waals surface area contributed by atoms with Crippen LogP contribution in [-0.4, -0.2) is 22.6 Å². The molecule has 106 valence electrons. The van der Waals surface area contributed by atoms with Gasteiger partial charge in [-0.1, -0.05) is 26.7 Å². The van der Waals surface area contributed by atoms with E-state index in [1.165, 1.54) is 12.8 Å². The van der Waals surface area contributed by atoms with E-state index in [0.717, 1.165) is 41.0 Å². The predicted octanol–water partition coefficient (Wildman–Crippen LogP) is 3.50. The molecule has 0 aliphatic heterocycles. The van der Waals surface area contributed by atoms with Crippen molar-refractivity contribution in [1.82, 2.24) is 4.98 Å². The van der Waals surface area contributed by atoms with Gasteiger partial charge in [0.1, 0.15) is 5.92 Å². The van der Waals surface area contributed by atoms with E-state index in [4.69, 9.17) is 5.11 Å². The fourth-order valence-corrected chi connectivity index (χ4v) is 3.48. The topological polar surface area (TPSA) is 62.2 Å². The van der Waals surface area contributed by atoms with Crippen LogP contribution in [0.1, 0.15) is 56.0 Å². The molecule has 0 saturated carbocycles. The molecule has 4 nitrogen and oxygen atoms in total. The number of rotatable bonds is 7. The zero-order valence-electron chi connectivity index (χ0n) is 11.6. The van der Waals surface area contributed by atoms with E-state index in [2.05, 4.69) is 24.1 Å². The molecule has 1 aromatic heterocycles. The average Bonchev–Trinajstić information content (AvgIpc) is 2.86. The van der Waals surface area contributed by atoms with Crippen LogP contribution in [0.4, 0.5) is 5.13 Å². The second-order valence-electron chi connectivity index (χ2n) is 5.57. The number of carbonyl (C=O) groups is 1. The zero-order valence-corrected chi connectivity index (χ0v) is 12.4. The van der Waals surface area contributed by atoms with Gasteiger partial charge < -0.3 is 10.4 Å². The number of anilines is 1. The van der Waals surface area contributed by atoms with Gasteiger partial charge in [-0.3, -0.25) is 4.79 Å². The number of thiazole rings is 1. The fourth-order valence-electron chi connectivity index (χ4n) is 2.42. The first-order valence-corrected chi connectivity index (χ1v) is 7.86. The van der Waals surface area contributed by atoms with Crippen molar-refractivity contribution in [3.8, 4) is 0 Å². The smallest absolute Gasteiger partial charge is 0.312 e. The Morgan fingerprint density at radius 2 is 2.32 bits per heavy atom. The van der Waals surface area contributed by atoms with Crippen LogP contribution in [0.15, 0.2) is 0 Å². The molecule has 1 aliphatic carbocycles. The zero-order chi connectivity index (χ0) is 13.8. The summed E-state index contributed by atoms with van der Waals surface area (Å²) in [6, 6.07) is 0. The molecule has 0 aromatic carbocycles. The van der Waals surface area contributed by atoms with E-state index in [9.17, 15) is 4.79 Å². The highest BCUT2D eigenvalue weighted by Crippen LogP contribution is 2.38. The molecule has 0 fully saturated rings. The normalized spacial score (nSPS) is 17.7. The summed E-state index contributed by atoms with van der Waals surface area (Å²) in [5.41, 5.74) is 0.794. The van der Waals surface area contributed by atoms with Gasteiger partial charge in [0.15, 0.2) is 5.13 Å². The molecule has 0 radical (unpaired) electrons. The number of aliphatic carboxylic acids is 1. The summed E-state index contributed by atoms with van der Waals surface area (Å²) in [4.78, 5) is 16.7. The average molecular weight is 282 g/mol. The maximum absolute atomic E-state index is 11.1. The summed E-state index contributed by atoms with van der Waals surface area (Å²) < 4.78 is 0. The SMILES string of the molecule is CC(C)CCCCNc1nc2c(s1)CCC2C(=O)O. The number of fused-ring (bicyclic) bond motifs is 1. The molecular formula is C14H22N2O2S. The Bertz CT molecular complexity index is 443. The van der Waals surface area contributed by atoms with Gasteiger partial charge >= 0.3 is 5.97 Å². The molecule has 19 heavy (non-hydrogen) atoms. The third kappa shape index (κ3) is 3.69. The molecule has 1 aliphatic rings. The monoisotopic (exact) mass is 282 g/mol. The first-order chi connectivity index (χ1) is 9.08. The van der Waals surface area contributed by atoms with E-state index in [-0.39, 0.29) is 5.92 Å². The molecule has 2 N–H and O–H groups in total. The van der Waals surface area contributed by atoms with Crippen LogP contribution in [0.5, 0.6) is 0 Å². The quantitative estimate of drug-likeness (QED) is 0.751. The number of carboxylic acids is 1. The molecule has 5 heteroatoms. The number of unbranched alkanes of at least 4 members (excludes halogenated alkanes) is 1. The standard InChI is InChI=1S/C14H22N2O2S/c1-9(2)5-3-4-8-15-14-16-12-10(13(17)18)6-7-11(12)19-14/h9-10H,3-8H2,1-2H3,(H,15,16)(H,17,18). The number of nitrogens with one attached hydrogen (secondary N) is 1. The third-order valence-corrected chi connectivity index (χ3v) is 4.59. The van der Waals surface area contributed by atoms with Crippen LogP contribution in [-0.2, 0) is 11.2 Å². The lowest BCUT2D eigenvalue weighted by molar-refractivity contribution is -0.138. The number of nitrogens with zero attached hydrogens (tertiary/aromatic N) is 1. The first-order valence-electron chi connectivity index (χ1n) is 7.04. The Balaban J connectivity index is 1.80. The van der Waals surface area contributed by atoms with E-state index in [0.29, 0.717) is 6.42 Å². The summed E-state index contributed by atoms with van der Waals surface area (Å²) >= 11 is 1.62. The van der Waals surface area contributed by atoms with Crippen molar-refractivity contribution in [3.05, 3.63) is 10.6 Å². The minimum atomic E-state index is -0.743. The molecule has 0 amide bonds. The highest BCUT2D eigenvalue weighted by molar-refractivity contribution is 7.15. The summed E-state index contributed by atoms with van der Waals surface area (Å²) in [6.45, 7) is 5.41. The van der Waals surface area contributed by atoms with Crippen LogP contribution in [0.25, 0.3) is 0 Å². The molecule has 1 unspecified atom stereocenters. The molecule has 0 spiro atoms. The van der Waals surface area contributed by atoms with Gasteiger partial charge in [0.2, 0.25) is 0 Å². The van der Waals surface area contributed by atoms with E-state index in [1.54, 1.807) is 11.3 Å². The Labute approximate surface area is 118 Å². The number of aryl methyl sites for hydroxylation is 1. The summed E-state index contributed by atoms with van der Waals surface area (Å²) in [5, 5.41) is 13.3. The van der Waals surface area contributed by atoms with Crippen LogP contribution in [0.2, 0.25) is 0 Å². The minimum absolute atomic E-state index is 0.386. The number of aromatic nitrogens is 1. The first kappa shape index (κ1) is 14.3. The second kappa shape index (κ2) is 6.37. The molecule has 0 bridgehead atoms. The van der Waals surface area contributed by atoms with Gasteiger partial charge in [-0.2, -0.15) is 0 Å². The number of hydrogen-bond acceptors (Lipinski definition) is 4. The summed E-state index contributed by atoms with van der Waals surface area (Å²) in [5.74, 6) is -0.365. The van der Waals surface area contributed by atoms with Crippen LogP contribution in [0, 0.1) is 5.92 Å². The van der Waals surface area contributed by atoms with Crippen LogP contribution >= 0.6 is 11.3 Å². The highest BCUT2D eigenvalue weighted by Gasteiger charge is 2.32. The van der Waals surface area contributed by atoms with Gasteiger partial charge in [0, 0.05) is 11.4 Å². The van der Waals surface area contributed by atoms with Crippen LogP contribution < -0.4 is 5.32 Å². The highest BCUT2D eigenvalue weighted by atomic mass is 32.1. The van der Waals surface area contributed by atoms with Crippen molar-refractivity contribution in [3.63, 3.8) is 0 Å². The predicted molar refractivity (Wildman–Crippen MR) is 78.0 cm³/mol. The maximum atomic E-state index is 11.1. The van der Waals surface area contributed by atoms with Gasteiger partial charge in [0.25, 0.3) is 0 Å². The summed E-state index contributed by atoms with van der Waals surface area (Å²) in [6.07, 6.45) is 5.20. The Hall–Kier alpha value is -1.10. The fraction of sp³-hybridized carbons (Fsp3) is 0.714. The van der Waals surface area contributed by atoms with Gasteiger partial charge in [-0.15, -0.1) is 11.3 Å². The Morgan fingerprint density at radius 3 is 3.00 bits per heavy atom. The van der Waals surface area contributed by atoms with E-state index in [1.807, 2.05) is 0 Å². The van der Waals surface area contributed by atoms with Gasteiger partial charge in [-0.25, -0.2) is 4.98 Å². The Kier molecular flexibility index (Phi) is 4.80. The third-order valence-electron chi connectivity index (χ3n) is 3.50. The Morgan fingerprint density at radius 1 is 1.53 bits per heavy atom. The van der Waals surface area contributed by atoms with E-state index < -0.39 is 5.97 Å². The van der Waals surface area contributed by atoms with Gasteiger partial charge in [-0.05, 0) is 25.2 Å². The van der Waals surface area contributed by atoms with Crippen molar-refractivity contribution in [2.45, 2.75) is 51.9 Å². The molecular weight excluding hydrogens is 260 g/mol. The molecule has 2 rings (SSSR count). The molecule has 1 heterocycles. The molecule has 0 saturated heterocycles. The lowest BCUT2D eigenvalue weighted by Gasteiger charge is -2.05. The minimum Gasteiger partial charge on any atom is -0.481 e. The van der Waals surface area contributed by atoms with Gasteiger partial charge in [0.05, 0.1) is 5.69 Å². The van der Waals surface area contributed by atoms with Crippen molar-refractivity contribution in [1.29, 1.82) is 0 Å². The molecule has 1 atom stereocenters. The van der Waals surface area contributed by atoms with Crippen molar-refractivity contribution in [2.24, 2.45) is 5.92 Å². The largest absolute Gasteiger partial charge is 0.481 e. The lowest BCUT2D eigenvalue weighted by Crippen LogP contribution is -2.09. The summed E-state index contributed by atoms with van der Waals surface area (Å²) in [7, 11) is 0. The number of carboxylic acid groups (broad SMARTS) is 1. The van der Waals surface area contributed by atoms with Crippen molar-refractivity contribution < 1.29 is 9.90 Å². The second-order valence-corrected chi connectivity index (χ2v) is 6.66. The number of hydrogen-bond donors (Lipinski definition) is 2. The van der Waals surface area contributed by atoms with Crippen molar-refractivity contribution in [2.75, 3.05) is 11.9 Å². The van der Waals surface area contributed by atoms with Crippen molar-refractivity contribution >= 4 is 22.4 Å². The lowest BCUT2D eigenvalue weighted by atomic mass is 10.1. The molecule has 1 aromatic rings. The van der Waals surface area contributed by atoms with E-state index >= 15 is 0 Å².